The lowest BCUT2D eigenvalue weighted by molar-refractivity contribution is 0.132. The molecule has 0 radical (unpaired) electrons. The fourth-order valence-corrected chi connectivity index (χ4v) is 2.24. The van der Waals surface area contributed by atoms with Gasteiger partial charge in [0, 0.05) is 45.3 Å². The van der Waals surface area contributed by atoms with Crippen molar-refractivity contribution in [2.45, 2.75) is 40.2 Å². The average Bonchev–Trinajstić information content (AvgIpc) is 2.31. The van der Waals surface area contributed by atoms with E-state index < -0.39 is 0 Å². The predicted octanol–water partition coefficient (Wildman–Crippen LogP) is 1.65. The highest BCUT2D eigenvalue weighted by Crippen LogP contribution is 2.02. The van der Waals surface area contributed by atoms with Crippen molar-refractivity contribution in [3.05, 3.63) is 0 Å². The summed E-state index contributed by atoms with van der Waals surface area (Å²) < 4.78 is 0. The second-order valence-corrected chi connectivity index (χ2v) is 5.67. The van der Waals surface area contributed by atoms with Gasteiger partial charge in [0.1, 0.15) is 0 Å². The number of hydrogen-bond acceptors (Lipinski definition) is 3. The minimum atomic E-state index is 0.636. The van der Waals surface area contributed by atoms with E-state index in [2.05, 4.69) is 42.8 Å². The maximum atomic E-state index is 3.61. The fraction of sp³-hybridized carbons (Fsp3) is 1.00. The molecule has 0 amide bonds. The van der Waals surface area contributed by atoms with Gasteiger partial charge in [-0.05, 0) is 25.8 Å². The van der Waals surface area contributed by atoms with E-state index in [-0.39, 0.29) is 0 Å². The summed E-state index contributed by atoms with van der Waals surface area (Å²) in [5, 5.41) is 3.61. The molecule has 0 spiro atoms. The van der Waals surface area contributed by atoms with Crippen molar-refractivity contribution in [1.82, 2.24) is 15.1 Å². The van der Waals surface area contributed by atoms with Crippen molar-refractivity contribution in [1.29, 1.82) is 0 Å². The minimum absolute atomic E-state index is 0.636. The van der Waals surface area contributed by atoms with Crippen molar-refractivity contribution in [2.24, 2.45) is 5.92 Å². The van der Waals surface area contributed by atoms with Gasteiger partial charge in [0.15, 0.2) is 0 Å². The summed E-state index contributed by atoms with van der Waals surface area (Å²) in [7, 11) is 0. The van der Waals surface area contributed by atoms with Crippen LogP contribution in [0.4, 0.5) is 0 Å². The van der Waals surface area contributed by atoms with E-state index in [1.807, 2.05) is 0 Å². The van der Waals surface area contributed by atoms with Crippen molar-refractivity contribution in [3.8, 4) is 0 Å². The van der Waals surface area contributed by atoms with Crippen LogP contribution in [0.5, 0.6) is 0 Å². The molecule has 1 rings (SSSR count). The molecule has 17 heavy (non-hydrogen) atoms. The molecule has 1 atom stereocenters. The van der Waals surface area contributed by atoms with Gasteiger partial charge in [-0.1, -0.05) is 20.8 Å². The Hall–Kier alpha value is -0.120. The smallest absolute Gasteiger partial charge is 0.0110 e. The highest BCUT2D eigenvalue weighted by molar-refractivity contribution is 4.73. The lowest BCUT2D eigenvalue weighted by Gasteiger charge is -2.34. The Balaban J connectivity index is 2.06. The molecular weight excluding hydrogens is 210 g/mol. The normalized spacial score (nSPS) is 21.0. The van der Waals surface area contributed by atoms with Crippen LogP contribution in [0.15, 0.2) is 0 Å². The standard InChI is InChI=1S/C14H31N3/c1-5-7-16-9-11-17(12-10-16)8-6-15-14(4)13(2)3/h13-15H,5-12H2,1-4H3. The Kier molecular flexibility index (Phi) is 7.09. The molecule has 0 bridgehead atoms. The highest BCUT2D eigenvalue weighted by atomic mass is 15.3. The van der Waals surface area contributed by atoms with Crippen LogP contribution in [-0.4, -0.2) is 61.7 Å². The van der Waals surface area contributed by atoms with Crippen LogP contribution in [0.2, 0.25) is 0 Å². The molecule has 0 aromatic rings. The van der Waals surface area contributed by atoms with Crippen molar-refractivity contribution < 1.29 is 0 Å². The Bertz CT molecular complexity index is 186. The van der Waals surface area contributed by atoms with Crippen molar-refractivity contribution >= 4 is 0 Å². The zero-order valence-electron chi connectivity index (χ0n) is 12.2. The van der Waals surface area contributed by atoms with E-state index in [1.54, 1.807) is 0 Å². The lowest BCUT2D eigenvalue weighted by atomic mass is 10.1. The molecule has 0 saturated carbocycles. The van der Waals surface area contributed by atoms with E-state index >= 15 is 0 Å². The molecule has 0 aliphatic carbocycles. The van der Waals surface area contributed by atoms with Crippen LogP contribution in [0, 0.1) is 5.92 Å². The van der Waals surface area contributed by atoms with Crippen LogP contribution in [-0.2, 0) is 0 Å². The quantitative estimate of drug-likeness (QED) is 0.731. The summed E-state index contributed by atoms with van der Waals surface area (Å²) in [6, 6.07) is 0.636. The molecule has 1 unspecified atom stereocenters. The molecule has 1 fully saturated rings. The predicted molar refractivity (Wildman–Crippen MR) is 75.5 cm³/mol. The summed E-state index contributed by atoms with van der Waals surface area (Å²) in [4.78, 5) is 5.17. The van der Waals surface area contributed by atoms with E-state index in [9.17, 15) is 0 Å². The van der Waals surface area contributed by atoms with Crippen molar-refractivity contribution in [2.75, 3.05) is 45.8 Å². The number of nitrogens with zero attached hydrogens (tertiary/aromatic N) is 2. The molecule has 0 aromatic carbocycles. The number of hydrogen-bond donors (Lipinski definition) is 1. The minimum Gasteiger partial charge on any atom is -0.313 e. The molecule has 3 heteroatoms. The third-order valence-corrected chi connectivity index (χ3v) is 3.90. The fourth-order valence-electron chi connectivity index (χ4n) is 2.24. The van der Waals surface area contributed by atoms with E-state index in [0.717, 1.165) is 12.5 Å². The molecule has 3 nitrogen and oxygen atoms in total. The highest BCUT2D eigenvalue weighted by Gasteiger charge is 2.15. The zero-order valence-corrected chi connectivity index (χ0v) is 12.2. The Morgan fingerprint density at radius 2 is 1.47 bits per heavy atom. The molecule has 1 N–H and O–H groups in total. The third kappa shape index (κ3) is 5.84. The van der Waals surface area contributed by atoms with Gasteiger partial charge in [-0.2, -0.15) is 0 Å². The summed E-state index contributed by atoms with van der Waals surface area (Å²) >= 11 is 0. The molecule has 1 heterocycles. The number of piperazine rings is 1. The van der Waals surface area contributed by atoms with E-state index in [0.29, 0.717) is 6.04 Å². The van der Waals surface area contributed by atoms with Gasteiger partial charge in [0.2, 0.25) is 0 Å². The molecular formula is C14H31N3. The van der Waals surface area contributed by atoms with Crippen molar-refractivity contribution in [3.63, 3.8) is 0 Å². The van der Waals surface area contributed by atoms with E-state index in [4.69, 9.17) is 0 Å². The van der Waals surface area contributed by atoms with Crippen LogP contribution >= 0.6 is 0 Å². The van der Waals surface area contributed by atoms with E-state index in [1.165, 1.54) is 45.7 Å². The Morgan fingerprint density at radius 3 is 1.94 bits per heavy atom. The molecule has 102 valence electrons. The van der Waals surface area contributed by atoms with Gasteiger partial charge >= 0.3 is 0 Å². The largest absolute Gasteiger partial charge is 0.313 e. The maximum Gasteiger partial charge on any atom is 0.0110 e. The topological polar surface area (TPSA) is 18.5 Å². The first-order valence-electron chi connectivity index (χ1n) is 7.31. The first kappa shape index (κ1) is 14.9. The molecule has 1 aliphatic heterocycles. The van der Waals surface area contributed by atoms with Crippen LogP contribution in [0.3, 0.4) is 0 Å². The molecule has 1 saturated heterocycles. The summed E-state index contributed by atoms with van der Waals surface area (Å²) in [5.74, 6) is 0.733. The maximum absolute atomic E-state index is 3.61. The second-order valence-electron chi connectivity index (χ2n) is 5.67. The summed E-state index contributed by atoms with van der Waals surface area (Å²) in [5.41, 5.74) is 0. The Labute approximate surface area is 108 Å². The summed E-state index contributed by atoms with van der Waals surface area (Å²) in [6.07, 6.45) is 1.29. The SMILES string of the molecule is CCCN1CCN(CCNC(C)C(C)C)CC1. The Morgan fingerprint density at radius 1 is 0.941 bits per heavy atom. The van der Waals surface area contributed by atoms with Crippen LogP contribution in [0.1, 0.15) is 34.1 Å². The van der Waals surface area contributed by atoms with Crippen LogP contribution < -0.4 is 5.32 Å². The van der Waals surface area contributed by atoms with Gasteiger partial charge in [-0.3, -0.25) is 4.90 Å². The number of nitrogens with one attached hydrogen (secondary N) is 1. The zero-order chi connectivity index (χ0) is 12.7. The van der Waals surface area contributed by atoms with Gasteiger partial charge < -0.3 is 10.2 Å². The average molecular weight is 241 g/mol. The van der Waals surface area contributed by atoms with Gasteiger partial charge in [0.05, 0.1) is 0 Å². The van der Waals surface area contributed by atoms with Crippen LogP contribution in [0.25, 0.3) is 0 Å². The molecule has 1 aliphatic rings. The monoisotopic (exact) mass is 241 g/mol. The lowest BCUT2D eigenvalue weighted by Crippen LogP contribution is -2.48. The van der Waals surface area contributed by atoms with Gasteiger partial charge in [0.25, 0.3) is 0 Å². The molecule has 0 aromatic heterocycles. The number of rotatable bonds is 7. The van der Waals surface area contributed by atoms with Gasteiger partial charge in [-0.15, -0.1) is 0 Å². The first-order valence-corrected chi connectivity index (χ1v) is 7.31. The van der Waals surface area contributed by atoms with Gasteiger partial charge in [-0.25, -0.2) is 0 Å². The first-order chi connectivity index (χ1) is 8.13. The second kappa shape index (κ2) is 8.06. The third-order valence-electron chi connectivity index (χ3n) is 3.90. The summed E-state index contributed by atoms with van der Waals surface area (Å²) in [6.45, 7) is 17.7.